The number of H-pyrrole nitrogens is 1. The average Bonchev–Trinajstić information content (AvgIpc) is 3.26. The Morgan fingerprint density at radius 3 is 2.38 bits per heavy atom. The van der Waals surface area contributed by atoms with Crippen molar-refractivity contribution in [3.63, 3.8) is 0 Å². The molecule has 0 saturated carbocycles. The summed E-state index contributed by atoms with van der Waals surface area (Å²) < 4.78 is 96.6. The highest BCUT2D eigenvalue weighted by molar-refractivity contribution is 7.80. The van der Waals surface area contributed by atoms with E-state index in [1.165, 1.54) is 36.4 Å². The zero-order valence-corrected chi connectivity index (χ0v) is 24.1. The van der Waals surface area contributed by atoms with E-state index in [0.717, 1.165) is 4.90 Å². The minimum atomic E-state index is -4.92. The maximum absolute atomic E-state index is 14.2. The number of aliphatic hydroxyl groups is 2. The van der Waals surface area contributed by atoms with E-state index < -0.39 is 66.6 Å². The third kappa shape index (κ3) is 7.96. The number of hydrogen-bond donors (Lipinski definition) is 3. The number of benzene rings is 2. The lowest BCUT2D eigenvalue weighted by atomic mass is 9.99. The van der Waals surface area contributed by atoms with Crippen LogP contribution in [0.4, 0.5) is 36.4 Å². The molecule has 1 saturated heterocycles. The summed E-state index contributed by atoms with van der Waals surface area (Å²) in [5.74, 6) is -0.526. The minimum absolute atomic E-state index is 0.00670. The molecule has 0 aliphatic carbocycles. The number of ether oxygens (including phenoxy) is 1. The molecule has 1 aromatic heterocycles. The number of thiocarbonyl (C=S) groups is 1. The molecule has 2 aliphatic rings. The second-order valence-corrected chi connectivity index (χ2v) is 10.6. The smallest absolute Gasteiger partial charge is 0.394 e. The molecule has 242 valence electrons. The molecule has 45 heavy (non-hydrogen) atoms. The fraction of sp³-hybridized carbons (Fsp3) is 0.333. The van der Waals surface area contributed by atoms with Crippen LogP contribution in [0.3, 0.4) is 0 Å². The Kier molecular flexibility index (Phi) is 10.2. The number of aromatic nitrogens is 2. The van der Waals surface area contributed by atoms with Crippen molar-refractivity contribution in [2.75, 3.05) is 24.6 Å². The lowest BCUT2D eigenvalue weighted by Gasteiger charge is -2.26. The number of hydrogen-bond acceptors (Lipinski definition) is 7. The quantitative estimate of drug-likeness (QED) is 0.279. The van der Waals surface area contributed by atoms with Crippen LogP contribution in [0.5, 0.6) is 0 Å². The lowest BCUT2D eigenvalue weighted by molar-refractivity contribution is -0.139. The normalized spacial score (nSPS) is 20.2. The van der Waals surface area contributed by atoms with Crippen LogP contribution in [0.1, 0.15) is 29.3 Å². The molecule has 9 nitrogen and oxygen atoms in total. The van der Waals surface area contributed by atoms with Crippen LogP contribution in [0.25, 0.3) is 0 Å². The number of nitrogens with one attached hydrogen (secondary N) is 1. The van der Waals surface area contributed by atoms with Crippen molar-refractivity contribution in [1.82, 2.24) is 9.55 Å². The van der Waals surface area contributed by atoms with Crippen molar-refractivity contribution in [2.24, 2.45) is 4.99 Å². The number of nitrogens with zero attached hydrogens (tertiary/aromatic N) is 3. The van der Waals surface area contributed by atoms with Gasteiger partial charge in [0, 0.05) is 28.8 Å². The van der Waals surface area contributed by atoms with E-state index in [9.17, 15) is 45.4 Å². The molecule has 3 N–H and O–H groups in total. The summed E-state index contributed by atoms with van der Waals surface area (Å²) in [6.45, 7) is -1.94. The Bertz CT molecular complexity index is 1730. The van der Waals surface area contributed by atoms with Gasteiger partial charge in [-0.2, -0.15) is 26.3 Å². The second kappa shape index (κ2) is 13.4. The molecule has 18 heteroatoms. The van der Waals surface area contributed by atoms with Crippen LogP contribution in [0, 0.1) is 5.82 Å². The van der Waals surface area contributed by atoms with E-state index in [1.807, 2.05) is 0 Å². The van der Waals surface area contributed by atoms with Crippen molar-refractivity contribution in [3.8, 4) is 0 Å². The van der Waals surface area contributed by atoms with Gasteiger partial charge in [-0.15, -0.1) is 0 Å². The molecule has 3 heterocycles. The number of anilines is 1. The van der Waals surface area contributed by atoms with Gasteiger partial charge in [-0.1, -0.05) is 36.0 Å². The third-order valence-electron chi connectivity index (χ3n) is 6.61. The number of aliphatic hydroxyl groups excluding tert-OH is 2. The Labute approximate surface area is 259 Å². The molecular weight excluding hydrogens is 661 g/mol. The number of rotatable bonds is 4. The van der Waals surface area contributed by atoms with Gasteiger partial charge in [-0.05, 0) is 30.3 Å². The summed E-state index contributed by atoms with van der Waals surface area (Å²) in [7, 11) is 0. The maximum atomic E-state index is 14.2. The fourth-order valence-corrected chi connectivity index (χ4v) is 4.97. The molecular formula is C27H22ClF7N4O5S. The molecule has 5 rings (SSSR count). The Morgan fingerprint density at radius 1 is 1.09 bits per heavy atom. The first-order valence-electron chi connectivity index (χ1n) is 12.8. The molecule has 0 amide bonds. The van der Waals surface area contributed by atoms with E-state index in [2.05, 4.69) is 4.99 Å². The fourth-order valence-electron chi connectivity index (χ4n) is 4.57. The van der Waals surface area contributed by atoms with E-state index >= 15 is 0 Å². The van der Waals surface area contributed by atoms with Crippen LogP contribution < -0.4 is 16.1 Å². The van der Waals surface area contributed by atoms with Crippen molar-refractivity contribution < 1.29 is 45.7 Å². The largest absolute Gasteiger partial charge is 0.423 e. The van der Waals surface area contributed by atoms with Crippen molar-refractivity contribution in [3.05, 3.63) is 97.0 Å². The topological polar surface area (TPSA) is 120 Å². The molecule has 3 aromatic rings. The lowest BCUT2D eigenvalue weighted by Crippen LogP contribution is -2.39. The van der Waals surface area contributed by atoms with Gasteiger partial charge < -0.3 is 19.8 Å². The van der Waals surface area contributed by atoms with E-state index in [0.29, 0.717) is 21.4 Å². The van der Waals surface area contributed by atoms with E-state index in [4.69, 9.17) is 33.7 Å². The Morgan fingerprint density at radius 2 is 1.78 bits per heavy atom. The van der Waals surface area contributed by atoms with E-state index in [-0.39, 0.29) is 34.9 Å². The number of aliphatic imine (C=N–C) groups is 1. The number of alkyl halides is 6. The van der Waals surface area contributed by atoms with Gasteiger partial charge in [0.05, 0.1) is 30.7 Å². The first kappa shape index (κ1) is 34.2. The highest BCUT2D eigenvalue weighted by atomic mass is 35.5. The number of fused-ring (bicyclic) bond motifs is 1. The van der Waals surface area contributed by atoms with Gasteiger partial charge >= 0.3 is 18.0 Å². The number of aromatic amines is 1. The second-order valence-electron chi connectivity index (χ2n) is 9.72. The summed E-state index contributed by atoms with van der Waals surface area (Å²) in [5.41, 5.74) is -3.25. The van der Waals surface area contributed by atoms with Crippen LogP contribution in [-0.4, -0.2) is 68.5 Å². The summed E-state index contributed by atoms with van der Waals surface area (Å²) in [6, 6.07) is 10.3. The summed E-state index contributed by atoms with van der Waals surface area (Å²) in [6.07, 6.45) is -12.5. The predicted octanol–water partition coefficient (Wildman–Crippen LogP) is 4.22. The van der Waals surface area contributed by atoms with Crippen LogP contribution in [0.15, 0.2) is 63.2 Å². The van der Waals surface area contributed by atoms with Crippen molar-refractivity contribution in [1.29, 1.82) is 0 Å². The highest BCUT2D eigenvalue weighted by Crippen LogP contribution is 2.33. The standard InChI is InChI=1S/C17H11ClF4N2S.C10H11F3N2O5/c18-10-5-6-14-12(7-10)16(11-3-1-2-4-13(11)19)23-8-15(25)24(14)9-17(20,21)22;11-10(12,13)4-2-15(9(19)14-8(4)18)7-1-5(17)6(3-16)20-7/h1-7H,8-9H2;2,5-7,16-17H,1,3H2,(H,14,18,19)/t;5-,6+,7+/m.0/s1. The van der Waals surface area contributed by atoms with Gasteiger partial charge in [0.15, 0.2) is 0 Å². The number of benzodiazepines with no additional fused rings is 1. The summed E-state index contributed by atoms with van der Waals surface area (Å²) in [5, 5.41) is 18.7. The zero-order chi connectivity index (χ0) is 33.3. The molecule has 0 spiro atoms. The summed E-state index contributed by atoms with van der Waals surface area (Å²) in [4.78, 5) is 29.4. The molecule has 0 unspecified atom stereocenters. The van der Waals surface area contributed by atoms with Gasteiger partial charge in [0.2, 0.25) is 0 Å². The predicted molar refractivity (Wildman–Crippen MR) is 152 cm³/mol. The monoisotopic (exact) mass is 682 g/mol. The molecule has 2 aliphatic heterocycles. The summed E-state index contributed by atoms with van der Waals surface area (Å²) >= 11 is 11.1. The molecule has 1 fully saturated rings. The number of halogens is 8. The maximum Gasteiger partial charge on any atom is 0.423 e. The van der Waals surface area contributed by atoms with Crippen LogP contribution in [0.2, 0.25) is 5.02 Å². The molecule has 2 aromatic carbocycles. The van der Waals surface area contributed by atoms with Gasteiger partial charge in [-0.3, -0.25) is 19.3 Å². The van der Waals surface area contributed by atoms with Crippen molar-refractivity contribution >= 4 is 40.2 Å². The Balaban J connectivity index is 0.000000210. The minimum Gasteiger partial charge on any atom is -0.394 e. The highest BCUT2D eigenvalue weighted by Gasteiger charge is 2.39. The molecule has 3 atom stereocenters. The van der Waals surface area contributed by atoms with Crippen molar-refractivity contribution in [2.45, 2.75) is 37.2 Å². The van der Waals surface area contributed by atoms with Gasteiger partial charge in [0.25, 0.3) is 5.56 Å². The molecule has 0 radical (unpaired) electrons. The third-order valence-corrected chi connectivity index (χ3v) is 7.20. The van der Waals surface area contributed by atoms with Gasteiger partial charge in [-0.25, -0.2) is 9.18 Å². The van der Waals surface area contributed by atoms with Crippen LogP contribution in [-0.2, 0) is 10.9 Å². The first-order chi connectivity index (χ1) is 21.0. The molecule has 0 bridgehead atoms. The van der Waals surface area contributed by atoms with E-state index in [1.54, 1.807) is 11.1 Å². The zero-order valence-electron chi connectivity index (χ0n) is 22.6. The SMILES string of the molecule is Fc1ccccc1C1=NCC(=S)N(CC(F)(F)F)c2ccc(Cl)cc21.O=c1[nH]c(=O)n([C@H]2C[C@H](O)[C@@H](CO)O2)cc1C(F)(F)F. The van der Waals surface area contributed by atoms with Gasteiger partial charge in [0.1, 0.15) is 35.2 Å². The van der Waals surface area contributed by atoms with Crippen LogP contribution >= 0.6 is 23.8 Å². The average molecular weight is 683 g/mol. The Hall–Kier alpha value is -3.64. The first-order valence-corrected chi connectivity index (χ1v) is 13.6.